The smallest absolute Gasteiger partial charge is 0.159 e. The third-order valence-electron chi connectivity index (χ3n) is 3.51. The van der Waals surface area contributed by atoms with Crippen LogP contribution >= 0.6 is 11.6 Å². The molecule has 0 spiro atoms. The van der Waals surface area contributed by atoms with Crippen LogP contribution in [0.2, 0.25) is 5.15 Å². The van der Waals surface area contributed by atoms with Crippen LogP contribution in [-0.2, 0) is 0 Å². The molecule has 0 unspecified atom stereocenters. The highest BCUT2D eigenvalue weighted by molar-refractivity contribution is 6.34. The van der Waals surface area contributed by atoms with Crippen LogP contribution in [0.1, 0.15) is 19.3 Å². The van der Waals surface area contributed by atoms with E-state index in [-0.39, 0.29) is 0 Å². The van der Waals surface area contributed by atoms with Crippen LogP contribution in [0.5, 0.6) is 0 Å². The molecule has 1 aliphatic carbocycles. The third kappa shape index (κ3) is 2.02. The minimum atomic E-state index is -0.581. The van der Waals surface area contributed by atoms with Gasteiger partial charge in [0.15, 0.2) is 11.0 Å². The van der Waals surface area contributed by atoms with E-state index in [0.717, 1.165) is 30.0 Å². The molecular weight excluding hydrogens is 250 g/mol. The van der Waals surface area contributed by atoms with Gasteiger partial charge in [-0.2, -0.15) is 0 Å². The van der Waals surface area contributed by atoms with Crippen molar-refractivity contribution in [3.8, 4) is 0 Å². The van der Waals surface area contributed by atoms with Crippen LogP contribution in [0.15, 0.2) is 24.3 Å². The van der Waals surface area contributed by atoms with Crippen LogP contribution in [0.25, 0.3) is 10.8 Å². The molecule has 1 aromatic carbocycles. The molecule has 1 fully saturated rings. The highest BCUT2D eigenvalue weighted by Crippen LogP contribution is 2.32. The van der Waals surface area contributed by atoms with E-state index < -0.39 is 5.60 Å². The first-order valence-electron chi connectivity index (χ1n) is 6.05. The van der Waals surface area contributed by atoms with Crippen molar-refractivity contribution < 1.29 is 5.11 Å². The number of hydrogen-bond acceptors (Lipinski definition) is 4. The number of aliphatic hydroxyl groups is 1. The highest BCUT2D eigenvalue weighted by Gasteiger charge is 2.34. The van der Waals surface area contributed by atoms with Gasteiger partial charge in [0, 0.05) is 17.3 Å². The average molecular weight is 264 g/mol. The molecule has 1 saturated carbocycles. The first-order chi connectivity index (χ1) is 8.68. The second-order valence-corrected chi connectivity index (χ2v) is 5.17. The van der Waals surface area contributed by atoms with Gasteiger partial charge in [0.05, 0.1) is 5.60 Å². The molecule has 94 valence electrons. The van der Waals surface area contributed by atoms with E-state index in [1.165, 1.54) is 0 Å². The molecular formula is C13H14ClN3O. The molecule has 0 saturated heterocycles. The summed E-state index contributed by atoms with van der Waals surface area (Å²) in [6.45, 7) is 0.507. The Morgan fingerprint density at radius 1 is 1.22 bits per heavy atom. The molecule has 5 heteroatoms. The molecule has 0 radical (unpaired) electrons. The lowest BCUT2D eigenvalue weighted by Crippen LogP contribution is -2.43. The van der Waals surface area contributed by atoms with Gasteiger partial charge in [-0.1, -0.05) is 35.9 Å². The van der Waals surface area contributed by atoms with Gasteiger partial charge >= 0.3 is 0 Å². The molecule has 2 N–H and O–H groups in total. The summed E-state index contributed by atoms with van der Waals surface area (Å²) in [6.07, 6.45) is 2.78. The Morgan fingerprint density at radius 3 is 2.61 bits per heavy atom. The SMILES string of the molecule is OC1(CNc2nnc(Cl)c3ccccc23)CCC1. The molecule has 1 aliphatic rings. The summed E-state index contributed by atoms with van der Waals surface area (Å²) in [5.74, 6) is 0.676. The van der Waals surface area contributed by atoms with Crippen molar-refractivity contribution in [2.75, 3.05) is 11.9 Å². The van der Waals surface area contributed by atoms with Crippen molar-refractivity contribution in [2.24, 2.45) is 0 Å². The first-order valence-corrected chi connectivity index (χ1v) is 6.43. The monoisotopic (exact) mass is 263 g/mol. The number of nitrogens with zero attached hydrogens (tertiary/aromatic N) is 2. The topological polar surface area (TPSA) is 58.0 Å². The Bertz CT molecular complexity index is 583. The molecule has 4 nitrogen and oxygen atoms in total. The van der Waals surface area contributed by atoms with E-state index in [0.29, 0.717) is 17.5 Å². The number of rotatable bonds is 3. The molecule has 1 heterocycles. The largest absolute Gasteiger partial charge is 0.388 e. The molecule has 18 heavy (non-hydrogen) atoms. The van der Waals surface area contributed by atoms with Crippen molar-refractivity contribution in [1.82, 2.24) is 10.2 Å². The normalized spacial score (nSPS) is 17.4. The van der Waals surface area contributed by atoms with Crippen LogP contribution in [0, 0.1) is 0 Å². The van der Waals surface area contributed by atoms with Gasteiger partial charge in [0.1, 0.15) is 0 Å². The third-order valence-corrected chi connectivity index (χ3v) is 3.79. The van der Waals surface area contributed by atoms with E-state index in [2.05, 4.69) is 15.5 Å². The number of nitrogens with one attached hydrogen (secondary N) is 1. The van der Waals surface area contributed by atoms with E-state index in [1.807, 2.05) is 24.3 Å². The molecule has 3 rings (SSSR count). The molecule has 0 bridgehead atoms. The molecule has 2 aromatic rings. The lowest BCUT2D eigenvalue weighted by molar-refractivity contribution is -0.0202. The predicted molar refractivity (Wildman–Crippen MR) is 71.8 cm³/mol. The van der Waals surface area contributed by atoms with Gasteiger partial charge in [0.25, 0.3) is 0 Å². The standard InChI is InChI=1S/C13H14ClN3O/c14-11-9-4-1-2-5-10(9)12(17-16-11)15-8-13(18)6-3-7-13/h1-2,4-5,18H,3,6-8H2,(H,15,17). The van der Waals surface area contributed by atoms with Crippen LogP contribution in [0.3, 0.4) is 0 Å². The molecule has 1 aromatic heterocycles. The Hall–Kier alpha value is -1.39. The predicted octanol–water partition coefficient (Wildman–Crippen LogP) is 2.61. The lowest BCUT2D eigenvalue weighted by Gasteiger charge is -2.36. The lowest BCUT2D eigenvalue weighted by atomic mass is 9.80. The summed E-state index contributed by atoms with van der Waals surface area (Å²) >= 11 is 6.01. The number of aromatic nitrogens is 2. The second kappa shape index (κ2) is 4.37. The van der Waals surface area contributed by atoms with E-state index in [4.69, 9.17) is 11.6 Å². The number of hydrogen-bond donors (Lipinski definition) is 2. The van der Waals surface area contributed by atoms with Crippen LogP contribution < -0.4 is 5.32 Å². The summed E-state index contributed by atoms with van der Waals surface area (Å²) in [5, 5.41) is 23.4. The zero-order valence-electron chi connectivity index (χ0n) is 9.86. The molecule has 0 amide bonds. The molecule has 0 aliphatic heterocycles. The number of anilines is 1. The van der Waals surface area contributed by atoms with E-state index in [1.54, 1.807) is 0 Å². The number of benzene rings is 1. The van der Waals surface area contributed by atoms with Gasteiger partial charge in [-0.05, 0) is 19.3 Å². The fourth-order valence-corrected chi connectivity index (χ4v) is 2.41. The minimum Gasteiger partial charge on any atom is -0.388 e. The second-order valence-electron chi connectivity index (χ2n) is 4.82. The highest BCUT2D eigenvalue weighted by atomic mass is 35.5. The summed E-state index contributed by atoms with van der Waals surface area (Å²) < 4.78 is 0. The fraction of sp³-hybridized carbons (Fsp3) is 0.385. The average Bonchev–Trinajstić information content (AvgIpc) is 2.36. The quantitative estimate of drug-likeness (QED) is 0.894. The first kappa shape index (κ1) is 11.7. The Labute approximate surface area is 110 Å². The van der Waals surface area contributed by atoms with Crippen molar-refractivity contribution in [3.63, 3.8) is 0 Å². The van der Waals surface area contributed by atoms with E-state index >= 15 is 0 Å². The summed E-state index contributed by atoms with van der Waals surface area (Å²) in [5.41, 5.74) is -0.581. The van der Waals surface area contributed by atoms with Gasteiger partial charge in [0.2, 0.25) is 0 Å². The maximum Gasteiger partial charge on any atom is 0.159 e. The zero-order chi connectivity index (χ0) is 12.6. The Balaban J connectivity index is 1.90. The summed E-state index contributed by atoms with van der Waals surface area (Å²) in [6, 6.07) is 7.71. The maximum absolute atomic E-state index is 10.1. The minimum absolute atomic E-state index is 0.401. The molecule has 0 atom stereocenters. The summed E-state index contributed by atoms with van der Waals surface area (Å²) in [7, 11) is 0. The Morgan fingerprint density at radius 2 is 1.94 bits per heavy atom. The van der Waals surface area contributed by atoms with E-state index in [9.17, 15) is 5.11 Å². The van der Waals surface area contributed by atoms with Gasteiger partial charge in [-0.3, -0.25) is 0 Å². The Kier molecular flexibility index (Phi) is 2.84. The van der Waals surface area contributed by atoms with Crippen LogP contribution in [-0.4, -0.2) is 27.4 Å². The van der Waals surface area contributed by atoms with Crippen molar-refractivity contribution in [3.05, 3.63) is 29.4 Å². The van der Waals surface area contributed by atoms with Crippen molar-refractivity contribution in [1.29, 1.82) is 0 Å². The van der Waals surface area contributed by atoms with Crippen molar-refractivity contribution >= 4 is 28.2 Å². The van der Waals surface area contributed by atoms with Gasteiger partial charge in [-0.15, -0.1) is 10.2 Å². The van der Waals surface area contributed by atoms with Crippen molar-refractivity contribution in [2.45, 2.75) is 24.9 Å². The fourth-order valence-electron chi connectivity index (χ4n) is 2.21. The maximum atomic E-state index is 10.1. The van der Waals surface area contributed by atoms with Gasteiger partial charge < -0.3 is 10.4 Å². The number of fused-ring (bicyclic) bond motifs is 1. The number of halogens is 1. The summed E-state index contributed by atoms with van der Waals surface area (Å²) in [4.78, 5) is 0. The van der Waals surface area contributed by atoms with Gasteiger partial charge in [-0.25, -0.2) is 0 Å². The van der Waals surface area contributed by atoms with Crippen LogP contribution in [0.4, 0.5) is 5.82 Å². The zero-order valence-corrected chi connectivity index (χ0v) is 10.6.